The second-order valence-electron chi connectivity index (χ2n) is 10.6. The zero-order valence-electron chi connectivity index (χ0n) is 21.1. The van der Waals surface area contributed by atoms with Crippen LogP contribution in [-0.4, -0.2) is 46.2 Å². The number of rotatable bonds is 4. The quantitative estimate of drug-likeness (QED) is 0.387. The molecule has 0 saturated carbocycles. The number of carbonyl (C=O) groups excluding carboxylic acids is 1. The second kappa shape index (κ2) is 10.0. The van der Waals surface area contributed by atoms with Crippen molar-refractivity contribution in [1.82, 2.24) is 20.2 Å². The smallest absolute Gasteiger partial charge is 0.410 e. The van der Waals surface area contributed by atoms with Gasteiger partial charge in [-0.25, -0.2) is 19.2 Å². The number of likely N-dealkylation sites (tertiary alicyclic amines) is 1. The first-order valence-corrected chi connectivity index (χ1v) is 13.2. The Labute approximate surface area is 224 Å². The molecule has 1 aromatic heterocycles. The standard InChI is InChI=1S/C28H30BrFN4O3/c1-27(2,3)37-26(35)34-13-11-28(10-12-31-16-28)25(34)24-23(15-32-17-33-24)36-22-9-8-18(30)14-20(22)19-6-4-5-7-21(19)29/h4-9,14-15,17,25,31H,10-13,16H2,1-3H3. The van der Waals surface area contributed by atoms with E-state index in [1.807, 2.05) is 45.0 Å². The molecule has 7 nitrogen and oxygen atoms in total. The third kappa shape index (κ3) is 5.20. The van der Waals surface area contributed by atoms with Gasteiger partial charge in [0.25, 0.3) is 0 Å². The number of nitrogens with one attached hydrogen (secondary N) is 1. The molecule has 194 valence electrons. The minimum absolute atomic E-state index is 0.197. The average molecular weight is 569 g/mol. The van der Waals surface area contributed by atoms with Gasteiger partial charge in [0.15, 0.2) is 5.75 Å². The van der Waals surface area contributed by atoms with Gasteiger partial charge in [0.1, 0.15) is 29.2 Å². The van der Waals surface area contributed by atoms with Crippen molar-refractivity contribution in [3.8, 4) is 22.6 Å². The van der Waals surface area contributed by atoms with Crippen LogP contribution in [0, 0.1) is 11.2 Å². The fourth-order valence-electron chi connectivity index (χ4n) is 5.31. The van der Waals surface area contributed by atoms with E-state index in [4.69, 9.17) is 9.47 Å². The predicted molar refractivity (Wildman–Crippen MR) is 142 cm³/mol. The van der Waals surface area contributed by atoms with Gasteiger partial charge in [0.2, 0.25) is 0 Å². The molecule has 2 saturated heterocycles. The molecular weight excluding hydrogens is 539 g/mol. The molecule has 1 spiro atoms. The molecule has 3 heterocycles. The summed E-state index contributed by atoms with van der Waals surface area (Å²) >= 11 is 3.57. The molecule has 0 aliphatic carbocycles. The van der Waals surface area contributed by atoms with E-state index in [-0.39, 0.29) is 23.4 Å². The van der Waals surface area contributed by atoms with Gasteiger partial charge >= 0.3 is 6.09 Å². The van der Waals surface area contributed by atoms with E-state index >= 15 is 0 Å². The molecule has 9 heteroatoms. The van der Waals surface area contributed by atoms with E-state index in [1.165, 1.54) is 18.5 Å². The number of aromatic nitrogens is 2. The molecule has 3 aromatic rings. The summed E-state index contributed by atoms with van der Waals surface area (Å²) in [6.07, 6.45) is 4.44. The molecule has 2 fully saturated rings. The lowest BCUT2D eigenvalue weighted by Crippen LogP contribution is -2.40. The summed E-state index contributed by atoms with van der Waals surface area (Å²) in [7, 11) is 0. The van der Waals surface area contributed by atoms with Crippen LogP contribution in [0.25, 0.3) is 11.1 Å². The van der Waals surface area contributed by atoms with Gasteiger partial charge in [0, 0.05) is 28.5 Å². The highest BCUT2D eigenvalue weighted by Crippen LogP contribution is 2.53. The summed E-state index contributed by atoms with van der Waals surface area (Å²) in [5, 5.41) is 3.46. The maximum absolute atomic E-state index is 14.3. The van der Waals surface area contributed by atoms with Crippen molar-refractivity contribution in [2.45, 2.75) is 45.3 Å². The lowest BCUT2D eigenvalue weighted by atomic mass is 9.78. The first-order valence-electron chi connectivity index (χ1n) is 12.4. The minimum atomic E-state index is -0.623. The van der Waals surface area contributed by atoms with Crippen molar-refractivity contribution in [2.75, 3.05) is 19.6 Å². The molecule has 37 heavy (non-hydrogen) atoms. The number of ether oxygens (including phenoxy) is 2. The SMILES string of the molecule is CC(C)(C)OC(=O)N1CCC2(CCNC2)C1c1ncncc1Oc1ccc(F)cc1-c1ccccc1Br. The van der Waals surface area contributed by atoms with Crippen LogP contribution in [0.5, 0.6) is 11.5 Å². The summed E-state index contributed by atoms with van der Waals surface area (Å²) in [6.45, 7) is 7.77. The third-order valence-electron chi connectivity index (χ3n) is 6.94. The normalized spacial score (nSPS) is 21.4. The highest BCUT2D eigenvalue weighted by Gasteiger charge is 2.53. The molecule has 2 unspecified atom stereocenters. The van der Waals surface area contributed by atoms with Crippen LogP contribution in [0.4, 0.5) is 9.18 Å². The molecular formula is C28H30BrFN4O3. The molecule has 2 aliphatic heterocycles. The van der Waals surface area contributed by atoms with Crippen LogP contribution < -0.4 is 10.1 Å². The van der Waals surface area contributed by atoms with Gasteiger partial charge < -0.3 is 14.8 Å². The lowest BCUT2D eigenvalue weighted by molar-refractivity contribution is 0.0160. The minimum Gasteiger partial charge on any atom is -0.453 e. The summed E-state index contributed by atoms with van der Waals surface area (Å²) in [6, 6.07) is 11.6. The van der Waals surface area contributed by atoms with E-state index in [0.29, 0.717) is 29.3 Å². The zero-order valence-corrected chi connectivity index (χ0v) is 22.7. The maximum Gasteiger partial charge on any atom is 0.410 e. The van der Waals surface area contributed by atoms with Gasteiger partial charge in [-0.1, -0.05) is 34.1 Å². The molecule has 5 rings (SSSR count). The number of nitrogens with zero attached hydrogens (tertiary/aromatic N) is 3. The van der Waals surface area contributed by atoms with Gasteiger partial charge in [-0.15, -0.1) is 0 Å². The summed E-state index contributed by atoms with van der Waals surface area (Å²) < 4.78 is 27.4. The highest BCUT2D eigenvalue weighted by atomic mass is 79.9. The largest absolute Gasteiger partial charge is 0.453 e. The van der Waals surface area contributed by atoms with Crippen molar-refractivity contribution in [3.63, 3.8) is 0 Å². The molecule has 1 N–H and O–H groups in total. The van der Waals surface area contributed by atoms with Gasteiger partial charge in [-0.3, -0.25) is 4.90 Å². The van der Waals surface area contributed by atoms with Crippen molar-refractivity contribution in [3.05, 3.63) is 71.0 Å². The maximum atomic E-state index is 14.3. The van der Waals surface area contributed by atoms with Crippen LogP contribution in [0.15, 0.2) is 59.5 Å². The number of halogens is 2. The second-order valence-corrected chi connectivity index (χ2v) is 11.5. The Bertz CT molecular complexity index is 1310. The number of hydrogen-bond donors (Lipinski definition) is 1. The van der Waals surface area contributed by atoms with Crippen molar-refractivity contribution in [2.24, 2.45) is 5.41 Å². The summed E-state index contributed by atoms with van der Waals surface area (Å²) in [5.41, 5.74) is 1.18. The Morgan fingerprint density at radius 1 is 1.16 bits per heavy atom. The summed E-state index contributed by atoms with van der Waals surface area (Å²) in [4.78, 5) is 24.0. The Morgan fingerprint density at radius 3 is 2.70 bits per heavy atom. The first kappa shape index (κ1) is 25.6. The number of benzene rings is 2. The third-order valence-corrected chi connectivity index (χ3v) is 7.63. The number of amides is 1. The molecule has 0 radical (unpaired) electrons. The predicted octanol–water partition coefficient (Wildman–Crippen LogP) is 6.50. The Hall–Kier alpha value is -3.04. The Balaban J connectivity index is 1.57. The highest BCUT2D eigenvalue weighted by molar-refractivity contribution is 9.10. The first-order chi connectivity index (χ1) is 17.7. The van der Waals surface area contributed by atoms with Gasteiger partial charge in [0.05, 0.1) is 12.2 Å². The monoisotopic (exact) mass is 568 g/mol. The molecule has 2 aliphatic rings. The van der Waals surface area contributed by atoms with Crippen molar-refractivity contribution >= 4 is 22.0 Å². The van der Waals surface area contributed by atoms with E-state index in [1.54, 1.807) is 17.2 Å². The van der Waals surface area contributed by atoms with Crippen LogP contribution in [-0.2, 0) is 4.74 Å². The Kier molecular flexibility index (Phi) is 6.93. The van der Waals surface area contributed by atoms with E-state index < -0.39 is 5.60 Å². The zero-order chi connectivity index (χ0) is 26.2. The van der Waals surface area contributed by atoms with Gasteiger partial charge in [-0.2, -0.15) is 0 Å². The lowest BCUT2D eigenvalue weighted by Gasteiger charge is -2.35. The molecule has 2 atom stereocenters. The van der Waals surface area contributed by atoms with Crippen LogP contribution in [0.1, 0.15) is 45.3 Å². The molecule has 2 aromatic carbocycles. The fourth-order valence-corrected chi connectivity index (χ4v) is 5.81. The van der Waals surface area contributed by atoms with Crippen molar-refractivity contribution in [1.29, 1.82) is 0 Å². The van der Waals surface area contributed by atoms with Crippen LogP contribution in [0.2, 0.25) is 0 Å². The molecule has 0 bridgehead atoms. The molecule has 1 amide bonds. The fraction of sp³-hybridized carbons (Fsp3) is 0.393. The van der Waals surface area contributed by atoms with E-state index in [0.717, 1.165) is 36.0 Å². The van der Waals surface area contributed by atoms with E-state index in [2.05, 4.69) is 31.2 Å². The number of carbonyl (C=O) groups is 1. The van der Waals surface area contributed by atoms with Gasteiger partial charge in [-0.05, 0) is 70.0 Å². The van der Waals surface area contributed by atoms with Crippen LogP contribution in [0.3, 0.4) is 0 Å². The van der Waals surface area contributed by atoms with Crippen molar-refractivity contribution < 1.29 is 18.7 Å². The van der Waals surface area contributed by atoms with E-state index in [9.17, 15) is 9.18 Å². The number of hydrogen-bond acceptors (Lipinski definition) is 6. The van der Waals surface area contributed by atoms with Crippen LogP contribution >= 0.6 is 15.9 Å². The average Bonchev–Trinajstić information content (AvgIpc) is 3.47. The summed E-state index contributed by atoms with van der Waals surface area (Å²) in [5.74, 6) is 0.518. The Morgan fingerprint density at radius 2 is 1.97 bits per heavy atom. The topological polar surface area (TPSA) is 76.6 Å².